The molecule has 24 heavy (non-hydrogen) atoms. The Kier molecular flexibility index (Phi) is 4.81. The predicted octanol–water partition coefficient (Wildman–Crippen LogP) is 4.75. The number of hydrogen-bond donors (Lipinski definition) is 1. The number of amides is 1. The van der Waals surface area contributed by atoms with Gasteiger partial charge >= 0.3 is 0 Å². The van der Waals surface area contributed by atoms with Gasteiger partial charge in [0.25, 0.3) is 5.91 Å². The van der Waals surface area contributed by atoms with Crippen LogP contribution in [0.15, 0.2) is 42.5 Å². The van der Waals surface area contributed by atoms with Gasteiger partial charge in [0.05, 0.1) is 10.2 Å². The molecule has 0 aliphatic carbocycles. The number of hydrogen-bond acceptors (Lipinski definition) is 4. The molecule has 5 heteroatoms. The summed E-state index contributed by atoms with van der Waals surface area (Å²) in [6.45, 7) is 6.20. The van der Waals surface area contributed by atoms with Crippen LogP contribution in [-0.4, -0.2) is 17.5 Å². The van der Waals surface area contributed by atoms with Crippen molar-refractivity contribution in [2.45, 2.75) is 26.7 Å². The molecule has 0 unspecified atom stereocenters. The van der Waals surface area contributed by atoms with Crippen LogP contribution in [-0.2, 0) is 4.79 Å². The van der Waals surface area contributed by atoms with E-state index in [-0.39, 0.29) is 12.5 Å². The van der Waals surface area contributed by atoms with Crippen LogP contribution in [0.3, 0.4) is 0 Å². The summed E-state index contributed by atoms with van der Waals surface area (Å²) >= 11 is 1.46. The number of aromatic nitrogens is 1. The van der Waals surface area contributed by atoms with Crippen molar-refractivity contribution < 1.29 is 9.53 Å². The number of thiazole rings is 1. The number of para-hydroxylation sites is 1. The van der Waals surface area contributed by atoms with E-state index in [0.717, 1.165) is 27.1 Å². The van der Waals surface area contributed by atoms with Crippen molar-refractivity contribution in [1.29, 1.82) is 0 Å². The van der Waals surface area contributed by atoms with Gasteiger partial charge in [0, 0.05) is 0 Å². The quantitative estimate of drug-likeness (QED) is 0.729. The summed E-state index contributed by atoms with van der Waals surface area (Å²) in [5.74, 6) is 0.905. The Morgan fingerprint density at radius 2 is 2.04 bits per heavy atom. The number of aryl methyl sites for hydroxylation is 1. The summed E-state index contributed by atoms with van der Waals surface area (Å²) in [5.41, 5.74) is 3.11. The Morgan fingerprint density at radius 3 is 2.79 bits per heavy atom. The lowest BCUT2D eigenvalue weighted by molar-refractivity contribution is -0.118. The molecule has 124 valence electrons. The van der Waals surface area contributed by atoms with E-state index < -0.39 is 0 Å². The van der Waals surface area contributed by atoms with Crippen molar-refractivity contribution >= 4 is 32.6 Å². The van der Waals surface area contributed by atoms with E-state index in [1.54, 1.807) is 0 Å². The third-order valence-corrected chi connectivity index (χ3v) is 4.64. The minimum Gasteiger partial charge on any atom is -0.483 e. The molecule has 0 spiro atoms. The summed E-state index contributed by atoms with van der Waals surface area (Å²) in [5, 5.41) is 3.40. The lowest BCUT2D eigenvalue weighted by Crippen LogP contribution is -2.20. The average Bonchev–Trinajstić information content (AvgIpc) is 2.94. The summed E-state index contributed by atoms with van der Waals surface area (Å²) in [6, 6.07) is 13.9. The zero-order valence-corrected chi connectivity index (χ0v) is 14.8. The van der Waals surface area contributed by atoms with Crippen molar-refractivity contribution in [3.63, 3.8) is 0 Å². The molecule has 0 radical (unpaired) electrons. The molecule has 1 heterocycles. The first kappa shape index (κ1) is 16.5. The normalized spacial score (nSPS) is 11.0. The Labute approximate surface area is 145 Å². The van der Waals surface area contributed by atoms with Gasteiger partial charge in [-0.2, -0.15) is 0 Å². The first-order valence-electron chi connectivity index (χ1n) is 7.91. The number of rotatable bonds is 5. The zero-order chi connectivity index (χ0) is 17.1. The van der Waals surface area contributed by atoms with E-state index in [2.05, 4.69) is 36.3 Å². The Balaban J connectivity index is 1.66. The van der Waals surface area contributed by atoms with E-state index in [9.17, 15) is 4.79 Å². The number of carbonyl (C=O) groups is 1. The maximum atomic E-state index is 12.2. The standard InChI is InChI=1S/C19H20N2O2S/c1-12(2)14-9-8-13(3)10-16(14)23-11-18(22)21-19-20-15-6-4-5-7-17(15)24-19/h4-10,12H,11H2,1-3H3,(H,20,21,22). The van der Waals surface area contributed by atoms with Crippen LogP contribution in [0.5, 0.6) is 5.75 Å². The van der Waals surface area contributed by atoms with E-state index in [1.807, 2.05) is 37.3 Å². The van der Waals surface area contributed by atoms with Crippen molar-refractivity contribution in [3.8, 4) is 5.75 Å². The van der Waals surface area contributed by atoms with E-state index in [4.69, 9.17) is 4.74 Å². The fraction of sp³-hybridized carbons (Fsp3) is 0.263. The fourth-order valence-electron chi connectivity index (χ4n) is 2.47. The summed E-state index contributed by atoms with van der Waals surface area (Å²) < 4.78 is 6.80. The Hall–Kier alpha value is -2.40. The van der Waals surface area contributed by atoms with Gasteiger partial charge < -0.3 is 4.74 Å². The number of ether oxygens (including phenoxy) is 1. The van der Waals surface area contributed by atoms with Gasteiger partial charge in [-0.15, -0.1) is 0 Å². The number of carbonyl (C=O) groups excluding carboxylic acids is 1. The first-order valence-corrected chi connectivity index (χ1v) is 8.73. The maximum absolute atomic E-state index is 12.2. The molecule has 1 aromatic heterocycles. The average molecular weight is 340 g/mol. The highest BCUT2D eigenvalue weighted by Gasteiger charge is 2.12. The minimum absolute atomic E-state index is 0.0287. The van der Waals surface area contributed by atoms with Crippen molar-refractivity contribution in [1.82, 2.24) is 4.98 Å². The van der Waals surface area contributed by atoms with Crippen molar-refractivity contribution in [3.05, 3.63) is 53.6 Å². The SMILES string of the molecule is Cc1ccc(C(C)C)c(OCC(=O)Nc2nc3ccccc3s2)c1. The van der Waals surface area contributed by atoms with Gasteiger partial charge in [-0.1, -0.05) is 49.4 Å². The van der Waals surface area contributed by atoms with Crippen molar-refractivity contribution in [2.24, 2.45) is 0 Å². The highest BCUT2D eigenvalue weighted by atomic mass is 32.1. The minimum atomic E-state index is -0.203. The Bertz CT molecular complexity index is 838. The molecule has 0 bridgehead atoms. The van der Waals surface area contributed by atoms with Gasteiger partial charge in [0.2, 0.25) is 0 Å². The number of anilines is 1. The Morgan fingerprint density at radius 1 is 1.25 bits per heavy atom. The van der Waals surface area contributed by atoms with Gasteiger partial charge in [-0.3, -0.25) is 10.1 Å². The molecule has 0 saturated carbocycles. The number of fused-ring (bicyclic) bond motifs is 1. The molecule has 1 N–H and O–H groups in total. The largest absolute Gasteiger partial charge is 0.483 e. The second kappa shape index (κ2) is 7.01. The summed E-state index contributed by atoms with van der Waals surface area (Å²) in [4.78, 5) is 16.6. The molecule has 0 saturated heterocycles. The molecule has 0 aliphatic heterocycles. The van der Waals surface area contributed by atoms with Crippen LogP contribution in [0.2, 0.25) is 0 Å². The van der Waals surface area contributed by atoms with E-state index in [0.29, 0.717) is 11.0 Å². The molecular formula is C19H20N2O2S. The monoisotopic (exact) mass is 340 g/mol. The molecule has 3 rings (SSSR count). The second-order valence-corrected chi connectivity index (χ2v) is 7.05. The van der Waals surface area contributed by atoms with Gasteiger partial charge in [-0.05, 0) is 42.2 Å². The molecule has 2 aromatic carbocycles. The van der Waals surface area contributed by atoms with Gasteiger partial charge in [-0.25, -0.2) is 4.98 Å². The third-order valence-electron chi connectivity index (χ3n) is 3.69. The van der Waals surface area contributed by atoms with E-state index >= 15 is 0 Å². The van der Waals surface area contributed by atoms with Crippen LogP contribution in [0.25, 0.3) is 10.2 Å². The highest BCUT2D eigenvalue weighted by molar-refractivity contribution is 7.22. The fourth-order valence-corrected chi connectivity index (χ4v) is 3.35. The van der Waals surface area contributed by atoms with Crippen LogP contribution in [0.1, 0.15) is 30.9 Å². The first-order chi connectivity index (χ1) is 11.5. The second-order valence-electron chi connectivity index (χ2n) is 6.02. The van der Waals surface area contributed by atoms with Crippen LogP contribution in [0, 0.1) is 6.92 Å². The molecule has 3 aromatic rings. The summed E-state index contributed by atoms with van der Waals surface area (Å²) in [6.07, 6.45) is 0. The van der Waals surface area contributed by atoms with Gasteiger partial charge in [0.1, 0.15) is 5.75 Å². The molecule has 0 atom stereocenters. The molecule has 0 fully saturated rings. The molecule has 1 amide bonds. The maximum Gasteiger partial charge on any atom is 0.264 e. The van der Waals surface area contributed by atoms with Crippen LogP contribution < -0.4 is 10.1 Å². The molecule has 4 nitrogen and oxygen atoms in total. The topological polar surface area (TPSA) is 51.2 Å². The summed E-state index contributed by atoms with van der Waals surface area (Å²) in [7, 11) is 0. The predicted molar refractivity (Wildman–Crippen MR) is 99.0 cm³/mol. The zero-order valence-electron chi connectivity index (χ0n) is 14.0. The van der Waals surface area contributed by atoms with Crippen LogP contribution in [0.4, 0.5) is 5.13 Å². The smallest absolute Gasteiger partial charge is 0.264 e. The van der Waals surface area contributed by atoms with Crippen LogP contribution >= 0.6 is 11.3 Å². The molecular weight excluding hydrogens is 320 g/mol. The highest BCUT2D eigenvalue weighted by Crippen LogP contribution is 2.28. The lowest BCUT2D eigenvalue weighted by atomic mass is 10.0. The molecule has 0 aliphatic rings. The number of nitrogens with one attached hydrogen (secondary N) is 1. The lowest BCUT2D eigenvalue weighted by Gasteiger charge is -2.14. The van der Waals surface area contributed by atoms with Crippen molar-refractivity contribution in [2.75, 3.05) is 11.9 Å². The van der Waals surface area contributed by atoms with E-state index in [1.165, 1.54) is 11.3 Å². The number of nitrogens with zero attached hydrogens (tertiary/aromatic N) is 1. The van der Waals surface area contributed by atoms with Gasteiger partial charge in [0.15, 0.2) is 11.7 Å². The third kappa shape index (κ3) is 3.74. The number of benzene rings is 2.